The maximum Gasteiger partial charge on any atom is 0.131 e. The van der Waals surface area contributed by atoms with Gasteiger partial charge in [-0.15, -0.1) is 0 Å². The SMILES string of the molecule is O[C@@H]1CC(c2ccc(Br)cc2F)Oc2ccc(Cl)cc21. The number of fused-ring (bicyclic) bond motifs is 1. The molecule has 0 saturated heterocycles. The summed E-state index contributed by atoms with van der Waals surface area (Å²) in [6.45, 7) is 0. The maximum absolute atomic E-state index is 14.0. The second kappa shape index (κ2) is 5.35. The first-order chi connectivity index (χ1) is 9.54. The van der Waals surface area contributed by atoms with Crippen LogP contribution in [-0.2, 0) is 0 Å². The van der Waals surface area contributed by atoms with Crippen molar-refractivity contribution >= 4 is 27.5 Å². The topological polar surface area (TPSA) is 29.5 Å². The second-order valence-electron chi connectivity index (χ2n) is 4.71. The molecular weight excluding hydrogens is 347 g/mol. The van der Waals surface area contributed by atoms with Gasteiger partial charge in [-0.3, -0.25) is 0 Å². The summed E-state index contributed by atoms with van der Waals surface area (Å²) in [4.78, 5) is 0. The van der Waals surface area contributed by atoms with Crippen molar-refractivity contribution in [2.24, 2.45) is 0 Å². The number of aliphatic hydroxyl groups is 1. The number of aliphatic hydroxyl groups excluding tert-OH is 1. The molecule has 2 aromatic rings. The van der Waals surface area contributed by atoms with Gasteiger partial charge in [0.05, 0.1) is 6.10 Å². The largest absolute Gasteiger partial charge is 0.485 e. The number of ether oxygens (including phenoxy) is 1. The monoisotopic (exact) mass is 356 g/mol. The van der Waals surface area contributed by atoms with Crippen molar-refractivity contribution in [2.75, 3.05) is 0 Å². The van der Waals surface area contributed by atoms with Crippen molar-refractivity contribution in [3.05, 3.63) is 62.8 Å². The van der Waals surface area contributed by atoms with E-state index in [9.17, 15) is 9.50 Å². The quantitative estimate of drug-likeness (QED) is 0.794. The summed E-state index contributed by atoms with van der Waals surface area (Å²) in [7, 11) is 0. The zero-order valence-corrected chi connectivity index (χ0v) is 12.7. The van der Waals surface area contributed by atoms with E-state index in [4.69, 9.17) is 16.3 Å². The summed E-state index contributed by atoms with van der Waals surface area (Å²) in [6.07, 6.45) is -0.927. The fraction of sp³-hybridized carbons (Fsp3) is 0.200. The summed E-state index contributed by atoms with van der Waals surface area (Å²) < 4.78 is 20.4. The Labute approximate surface area is 129 Å². The van der Waals surface area contributed by atoms with Gasteiger partial charge in [0, 0.05) is 27.0 Å². The van der Waals surface area contributed by atoms with Crippen molar-refractivity contribution in [1.82, 2.24) is 0 Å². The van der Waals surface area contributed by atoms with Crippen LogP contribution in [0.3, 0.4) is 0 Å². The lowest BCUT2D eigenvalue weighted by molar-refractivity contribution is 0.0640. The molecule has 1 aliphatic heterocycles. The molecule has 1 unspecified atom stereocenters. The Bertz CT molecular complexity index is 662. The van der Waals surface area contributed by atoms with Crippen molar-refractivity contribution in [2.45, 2.75) is 18.6 Å². The number of hydrogen-bond acceptors (Lipinski definition) is 2. The minimum absolute atomic E-state index is 0.298. The van der Waals surface area contributed by atoms with Crippen molar-refractivity contribution in [3.63, 3.8) is 0 Å². The van der Waals surface area contributed by atoms with Gasteiger partial charge in [0.2, 0.25) is 0 Å². The predicted octanol–water partition coefficient (Wildman–Crippen LogP) is 4.80. The fourth-order valence-corrected chi connectivity index (χ4v) is 2.88. The highest BCUT2D eigenvalue weighted by Crippen LogP contribution is 2.42. The number of benzene rings is 2. The predicted molar refractivity (Wildman–Crippen MR) is 78.5 cm³/mol. The molecule has 104 valence electrons. The molecular formula is C15H11BrClFO2. The third kappa shape index (κ3) is 2.55. The summed E-state index contributed by atoms with van der Waals surface area (Å²) >= 11 is 9.13. The fourth-order valence-electron chi connectivity index (χ4n) is 2.37. The lowest BCUT2D eigenvalue weighted by atomic mass is 9.95. The van der Waals surface area contributed by atoms with Crippen LogP contribution >= 0.6 is 27.5 Å². The number of hydrogen-bond donors (Lipinski definition) is 1. The molecule has 1 heterocycles. The molecule has 3 rings (SSSR count). The highest BCUT2D eigenvalue weighted by Gasteiger charge is 2.29. The zero-order valence-electron chi connectivity index (χ0n) is 10.3. The molecule has 1 N–H and O–H groups in total. The molecule has 1 aliphatic rings. The minimum atomic E-state index is -0.717. The first-order valence-corrected chi connectivity index (χ1v) is 7.31. The van der Waals surface area contributed by atoms with Gasteiger partial charge < -0.3 is 9.84 Å². The summed E-state index contributed by atoms with van der Waals surface area (Å²) in [5.41, 5.74) is 1.08. The molecule has 5 heteroatoms. The average Bonchev–Trinajstić information content (AvgIpc) is 2.39. The van der Waals surface area contributed by atoms with Crippen LogP contribution in [0.15, 0.2) is 40.9 Å². The van der Waals surface area contributed by atoms with Gasteiger partial charge >= 0.3 is 0 Å². The molecule has 2 nitrogen and oxygen atoms in total. The average molecular weight is 358 g/mol. The molecule has 0 fully saturated rings. The van der Waals surface area contributed by atoms with E-state index >= 15 is 0 Å². The second-order valence-corrected chi connectivity index (χ2v) is 6.06. The molecule has 0 saturated carbocycles. The van der Waals surface area contributed by atoms with Crippen LogP contribution < -0.4 is 4.74 Å². The molecule has 2 aromatic carbocycles. The summed E-state index contributed by atoms with van der Waals surface area (Å²) in [6, 6.07) is 9.87. The van der Waals surface area contributed by atoms with Crippen molar-refractivity contribution < 1.29 is 14.2 Å². The van der Waals surface area contributed by atoms with Gasteiger partial charge in [-0.25, -0.2) is 4.39 Å². The zero-order chi connectivity index (χ0) is 14.3. The maximum atomic E-state index is 14.0. The molecule has 2 atom stereocenters. The van der Waals surface area contributed by atoms with Gasteiger partial charge in [0.15, 0.2) is 0 Å². The Balaban J connectivity index is 1.97. The van der Waals surface area contributed by atoms with E-state index < -0.39 is 12.2 Å². The van der Waals surface area contributed by atoms with E-state index in [2.05, 4.69) is 15.9 Å². The van der Waals surface area contributed by atoms with Gasteiger partial charge in [-0.05, 0) is 30.3 Å². The van der Waals surface area contributed by atoms with Crippen molar-refractivity contribution in [3.8, 4) is 5.75 Å². The normalized spacial score (nSPS) is 21.2. The van der Waals surface area contributed by atoms with E-state index in [1.807, 2.05) is 0 Å². The van der Waals surface area contributed by atoms with Crippen LogP contribution in [0.5, 0.6) is 5.75 Å². The van der Waals surface area contributed by atoms with E-state index in [1.165, 1.54) is 6.07 Å². The summed E-state index contributed by atoms with van der Waals surface area (Å²) in [5.74, 6) is 0.189. The van der Waals surface area contributed by atoms with Crippen molar-refractivity contribution in [1.29, 1.82) is 0 Å². The molecule has 0 bridgehead atoms. The molecule has 20 heavy (non-hydrogen) atoms. The van der Waals surface area contributed by atoms with Crippen LogP contribution in [0, 0.1) is 5.82 Å². The van der Waals surface area contributed by atoms with Crippen LogP contribution in [0.1, 0.15) is 29.8 Å². The lowest BCUT2D eigenvalue weighted by Gasteiger charge is -2.30. The Kier molecular flexibility index (Phi) is 3.71. The van der Waals surface area contributed by atoms with Gasteiger partial charge in [0.1, 0.15) is 17.7 Å². The van der Waals surface area contributed by atoms with Gasteiger partial charge in [-0.1, -0.05) is 33.6 Å². The molecule has 0 radical (unpaired) electrons. The molecule has 0 aromatic heterocycles. The minimum Gasteiger partial charge on any atom is -0.485 e. The Morgan fingerprint density at radius 2 is 2.00 bits per heavy atom. The van der Waals surface area contributed by atoms with Crippen LogP contribution in [0.2, 0.25) is 5.02 Å². The van der Waals surface area contributed by atoms with E-state index in [0.29, 0.717) is 32.8 Å². The molecule has 0 amide bonds. The van der Waals surface area contributed by atoms with Crippen LogP contribution in [0.25, 0.3) is 0 Å². The first kappa shape index (κ1) is 13.9. The Morgan fingerprint density at radius 1 is 1.20 bits per heavy atom. The first-order valence-electron chi connectivity index (χ1n) is 6.13. The summed E-state index contributed by atoms with van der Waals surface area (Å²) in [5, 5.41) is 10.7. The van der Waals surface area contributed by atoms with Gasteiger partial charge in [-0.2, -0.15) is 0 Å². The van der Waals surface area contributed by atoms with E-state index in [0.717, 1.165) is 0 Å². The highest BCUT2D eigenvalue weighted by molar-refractivity contribution is 9.10. The van der Waals surface area contributed by atoms with E-state index in [-0.39, 0.29) is 5.82 Å². The molecule has 0 aliphatic carbocycles. The highest BCUT2D eigenvalue weighted by atomic mass is 79.9. The van der Waals surface area contributed by atoms with Crippen LogP contribution in [0.4, 0.5) is 4.39 Å². The smallest absolute Gasteiger partial charge is 0.131 e. The van der Waals surface area contributed by atoms with Crippen LogP contribution in [-0.4, -0.2) is 5.11 Å². The third-order valence-corrected chi connectivity index (χ3v) is 4.08. The third-order valence-electron chi connectivity index (χ3n) is 3.35. The Morgan fingerprint density at radius 3 is 2.75 bits per heavy atom. The standard InChI is InChI=1S/C15H11BrClFO2/c16-8-1-3-10(12(18)5-8)15-7-13(19)11-6-9(17)2-4-14(11)20-15/h1-6,13,15,19H,7H2/t13-,15?/m1/s1. The number of rotatable bonds is 1. The Hall–Kier alpha value is -1.10. The lowest BCUT2D eigenvalue weighted by Crippen LogP contribution is -2.20. The molecule has 0 spiro atoms. The van der Waals surface area contributed by atoms with E-state index in [1.54, 1.807) is 30.3 Å². The number of halogens is 3. The van der Waals surface area contributed by atoms with Gasteiger partial charge in [0.25, 0.3) is 0 Å².